The monoisotopic (exact) mass is 270 g/mol. The van der Waals surface area contributed by atoms with Gasteiger partial charge in [-0.25, -0.2) is 14.8 Å². The Hall–Kier alpha value is -1.40. The summed E-state index contributed by atoms with van der Waals surface area (Å²) in [6.45, 7) is 5.43. The van der Waals surface area contributed by atoms with Crippen LogP contribution < -0.4 is 5.69 Å². The van der Waals surface area contributed by atoms with E-state index < -0.39 is 5.54 Å². The maximum Gasteiger partial charge on any atom is 0.328 e. The summed E-state index contributed by atoms with van der Waals surface area (Å²) < 4.78 is 1.51. The van der Waals surface area contributed by atoms with E-state index in [0.29, 0.717) is 23.4 Å². The molecule has 0 aliphatic heterocycles. The third-order valence-corrected chi connectivity index (χ3v) is 3.21. The quantitative estimate of drug-likeness (QED) is 0.821. The molecule has 0 unspecified atom stereocenters. The molecule has 0 bridgehead atoms. The van der Waals surface area contributed by atoms with Gasteiger partial charge in [-0.05, 0) is 27.2 Å². The van der Waals surface area contributed by atoms with E-state index in [9.17, 15) is 4.79 Å². The number of hydrogen-bond donors (Lipinski definition) is 2. The number of aliphatic hydroxyl groups is 1. The standard InChI is InChI=1S/C11H15ClN4O2/c1-6-13-8(12)7-9(14-6)16(10(18)15-7)11(2,3)4-5-17/h17H,4-5H2,1-3H3,(H,15,18). The number of H-pyrrole nitrogens is 1. The molecule has 0 amide bonds. The lowest BCUT2D eigenvalue weighted by Crippen LogP contribution is -2.35. The number of halogens is 1. The van der Waals surface area contributed by atoms with Crippen LogP contribution in [0.3, 0.4) is 0 Å². The van der Waals surface area contributed by atoms with Crippen molar-refractivity contribution >= 4 is 22.8 Å². The molecular weight excluding hydrogens is 256 g/mol. The first-order valence-corrected chi connectivity index (χ1v) is 6.01. The largest absolute Gasteiger partial charge is 0.396 e. The first kappa shape index (κ1) is 13.0. The van der Waals surface area contributed by atoms with E-state index >= 15 is 0 Å². The molecule has 2 rings (SSSR count). The summed E-state index contributed by atoms with van der Waals surface area (Å²) in [7, 11) is 0. The van der Waals surface area contributed by atoms with E-state index in [4.69, 9.17) is 16.7 Å². The van der Waals surface area contributed by atoms with E-state index in [2.05, 4.69) is 15.0 Å². The highest BCUT2D eigenvalue weighted by Crippen LogP contribution is 2.24. The maximum atomic E-state index is 12.0. The lowest BCUT2D eigenvalue weighted by atomic mass is 10.0. The highest BCUT2D eigenvalue weighted by Gasteiger charge is 2.26. The summed E-state index contributed by atoms with van der Waals surface area (Å²) in [4.78, 5) is 22.9. The fourth-order valence-electron chi connectivity index (χ4n) is 2.00. The Bertz CT molecular complexity index is 644. The third kappa shape index (κ3) is 2.02. The fourth-order valence-corrected chi connectivity index (χ4v) is 2.25. The van der Waals surface area contributed by atoms with Crippen molar-refractivity contribution in [2.24, 2.45) is 0 Å². The summed E-state index contributed by atoms with van der Waals surface area (Å²) in [6, 6.07) is 0. The topological polar surface area (TPSA) is 83.8 Å². The number of aryl methyl sites for hydroxylation is 1. The number of aromatic nitrogens is 4. The molecule has 0 radical (unpaired) electrons. The molecule has 2 aromatic rings. The van der Waals surface area contributed by atoms with E-state index in [-0.39, 0.29) is 17.4 Å². The molecule has 6 nitrogen and oxygen atoms in total. The average Bonchev–Trinajstić information content (AvgIpc) is 2.55. The van der Waals surface area contributed by atoms with Gasteiger partial charge >= 0.3 is 5.69 Å². The van der Waals surface area contributed by atoms with Gasteiger partial charge in [-0.2, -0.15) is 0 Å². The van der Waals surface area contributed by atoms with Crippen LogP contribution in [-0.4, -0.2) is 31.2 Å². The third-order valence-electron chi connectivity index (χ3n) is 2.93. The van der Waals surface area contributed by atoms with Gasteiger partial charge < -0.3 is 10.1 Å². The second kappa shape index (κ2) is 4.37. The molecule has 7 heteroatoms. The average molecular weight is 271 g/mol. The summed E-state index contributed by atoms with van der Waals surface area (Å²) >= 11 is 5.99. The van der Waals surface area contributed by atoms with Crippen molar-refractivity contribution in [2.45, 2.75) is 32.7 Å². The molecule has 0 fully saturated rings. The van der Waals surface area contributed by atoms with Gasteiger partial charge in [0, 0.05) is 12.1 Å². The van der Waals surface area contributed by atoms with Crippen LogP contribution in [0.4, 0.5) is 0 Å². The van der Waals surface area contributed by atoms with Crippen LogP contribution in [0.2, 0.25) is 5.15 Å². The molecule has 98 valence electrons. The van der Waals surface area contributed by atoms with Crippen molar-refractivity contribution in [3.63, 3.8) is 0 Å². The summed E-state index contributed by atoms with van der Waals surface area (Å²) in [5, 5.41) is 9.32. The number of imidazole rings is 1. The van der Waals surface area contributed by atoms with Gasteiger partial charge in [0.25, 0.3) is 0 Å². The minimum atomic E-state index is -0.547. The Kier molecular flexibility index (Phi) is 3.16. The zero-order chi connectivity index (χ0) is 13.5. The second-order valence-corrected chi connectivity index (χ2v) is 5.17. The van der Waals surface area contributed by atoms with Crippen molar-refractivity contribution in [3.8, 4) is 0 Å². The van der Waals surface area contributed by atoms with Crippen molar-refractivity contribution in [1.82, 2.24) is 19.5 Å². The van der Waals surface area contributed by atoms with Crippen LogP contribution in [-0.2, 0) is 5.54 Å². The van der Waals surface area contributed by atoms with Gasteiger partial charge in [-0.1, -0.05) is 11.6 Å². The van der Waals surface area contributed by atoms with Crippen LogP contribution in [0.1, 0.15) is 26.1 Å². The fraction of sp³-hybridized carbons (Fsp3) is 0.545. The Labute approximate surface area is 109 Å². The lowest BCUT2D eigenvalue weighted by Gasteiger charge is -2.25. The molecule has 0 atom stereocenters. The highest BCUT2D eigenvalue weighted by atomic mass is 35.5. The first-order valence-electron chi connectivity index (χ1n) is 5.63. The van der Waals surface area contributed by atoms with Gasteiger partial charge in [-0.15, -0.1) is 0 Å². The Balaban J connectivity index is 2.79. The smallest absolute Gasteiger partial charge is 0.328 e. The SMILES string of the molecule is Cc1nc(Cl)c2[nH]c(=O)n(C(C)(C)CCO)c2n1. The number of aromatic amines is 1. The highest BCUT2D eigenvalue weighted by molar-refractivity contribution is 6.33. The van der Waals surface area contributed by atoms with Gasteiger partial charge in [0.05, 0.1) is 0 Å². The lowest BCUT2D eigenvalue weighted by molar-refractivity contribution is 0.213. The van der Waals surface area contributed by atoms with Crippen molar-refractivity contribution in [3.05, 3.63) is 21.5 Å². The van der Waals surface area contributed by atoms with Crippen LogP contribution in [0.15, 0.2) is 4.79 Å². The second-order valence-electron chi connectivity index (χ2n) is 4.81. The summed E-state index contributed by atoms with van der Waals surface area (Å²) in [6.07, 6.45) is 0.445. The summed E-state index contributed by atoms with van der Waals surface area (Å²) in [5.74, 6) is 0.500. The molecule has 0 aliphatic carbocycles. The number of nitrogens with zero attached hydrogens (tertiary/aromatic N) is 3. The Morgan fingerprint density at radius 2 is 2.11 bits per heavy atom. The van der Waals surface area contributed by atoms with Gasteiger partial charge in [0.15, 0.2) is 10.8 Å². The zero-order valence-corrected chi connectivity index (χ0v) is 11.2. The van der Waals surface area contributed by atoms with Crippen molar-refractivity contribution in [1.29, 1.82) is 0 Å². The molecule has 2 aromatic heterocycles. The van der Waals surface area contributed by atoms with Crippen molar-refractivity contribution in [2.75, 3.05) is 6.61 Å². The molecule has 2 heterocycles. The Morgan fingerprint density at radius 3 is 2.72 bits per heavy atom. The normalized spacial score (nSPS) is 12.3. The van der Waals surface area contributed by atoms with E-state index in [1.807, 2.05) is 13.8 Å². The number of nitrogens with one attached hydrogen (secondary N) is 1. The van der Waals surface area contributed by atoms with Gasteiger partial charge in [-0.3, -0.25) is 4.57 Å². The molecule has 0 aliphatic rings. The Morgan fingerprint density at radius 1 is 1.44 bits per heavy atom. The predicted molar refractivity (Wildman–Crippen MR) is 68.9 cm³/mol. The van der Waals surface area contributed by atoms with E-state index in [1.165, 1.54) is 4.57 Å². The molecule has 18 heavy (non-hydrogen) atoms. The van der Waals surface area contributed by atoms with Gasteiger partial charge in [0.2, 0.25) is 0 Å². The van der Waals surface area contributed by atoms with Crippen LogP contribution in [0, 0.1) is 6.92 Å². The summed E-state index contributed by atoms with van der Waals surface area (Å²) in [5.41, 5.74) is 0.0493. The molecule has 0 aromatic carbocycles. The predicted octanol–water partition coefficient (Wildman–Crippen LogP) is 1.20. The minimum absolute atomic E-state index is 0.0100. The van der Waals surface area contributed by atoms with Crippen LogP contribution in [0.25, 0.3) is 11.2 Å². The first-order chi connectivity index (χ1) is 8.36. The number of rotatable bonds is 3. The molecule has 0 saturated carbocycles. The number of fused-ring (bicyclic) bond motifs is 1. The molecule has 0 spiro atoms. The zero-order valence-electron chi connectivity index (χ0n) is 10.5. The van der Waals surface area contributed by atoms with E-state index in [1.54, 1.807) is 6.92 Å². The maximum absolute atomic E-state index is 12.0. The van der Waals surface area contributed by atoms with Crippen LogP contribution >= 0.6 is 11.6 Å². The minimum Gasteiger partial charge on any atom is -0.396 e. The molecular formula is C11H15ClN4O2. The number of aliphatic hydroxyl groups excluding tert-OH is 1. The molecule has 2 N–H and O–H groups in total. The van der Waals surface area contributed by atoms with Gasteiger partial charge in [0.1, 0.15) is 11.3 Å². The number of hydrogen-bond acceptors (Lipinski definition) is 4. The van der Waals surface area contributed by atoms with Crippen LogP contribution in [0.5, 0.6) is 0 Å². The molecule has 0 saturated heterocycles. The van der Waals surface area contributed by atoms with Crippen molar-refractivity contribution < 1.29 is 5.11 Å². The van der Waals surface area contributed by atoms with E-state index in [0.717, 1.165) is 0 Å².